The molecule has 1 aromatic rings. The van der Waals surface area contributed by atoms with Crippen molar-refractivity contribution in [1.82, 2.24) is 18.6 Å². The van der Waals surface area contributed by atoms with Crippen molar-refractivity contribution < 1.29 is 13.2 Å². The molecule has 2 unspecified atom stereocenters. The number of aryl methyl sites for hydroxylation is 1. The number of aromatic nitrogens is 2. The molecule has 0 spiro atoms. The van der Waals surface area contributed by atoms with Gasteiger partial charge < -0.3 is 9.64 Å². The van der Waals surface area contributed by atoms with Gasteiger partial charge in [-0.25, -0.2) is 9.97 Å². The quantitative estimate of drug-likeness (QED) is 0.764. The minimum absolute atomic E-state index is 0.0803. The van der Waals surface area contributed by atoms with Gasteiger partial charge in [0.2, 0.25) is 0 Å². The lowest BCUT2D eigenvalue weighted by atomic mass is 10.2. The van der Waals surface area contributed by atoms with E-state index < -0.39 is 10.2 Å². The molecule has 3 rings (SSSR count). The van der Waals surface area contributed by atoms with Crippen LogP contribution in [0.5, 0.6) is 0 Å². The van der Waals surface area contributed by atoms with Gasteiger partial charge in [0.25, 0.3) is 10.2 Å². The third kappa shape index (κ3) is 4.59. The fourth-order valence-electron chi connectivity index (χ4n) is 3.62. The maximum atomic E-state index is 13.0. The zero-order valence-electron chi connectivity index (χ0n) is 16.9. The van der Waals surface area contributed by atoms with Crippen LogP contribution in [0.4, 0.5) is 5.82 Å². The molecule has 2 atom stereocenters. The number of morpholine rings is 1. The van der Waals surface area contributed by atoms with E-state index in [-0.39, 0.29) is 18.1 Å². The molecule has 9 heteroatoms. The van der Waals surface area contributed by atoms with Crippen molar-refractivity contribution in [3.63, 3.8) is 0 Å². The lowest BCUT2D eigenvalue weighted by Gasteiger charge is -2.40. The fourth-order valence-corrected chi connectivity index (χ4v) is 5.37. The van der Waals surface area contributed by atoms with Crippen molar-refractivity contribution in [3.8, 4) is 0 Å². The molecule has 0 aromatic carbocycles. The third-order valence-corrected chi connectivity index (χ3v) is 6.94. The van der Waals surface area contributed by atoms with Crippen molar-refractivity contribution in [2.24, 2.45) is 0 Å². The monoisotopic (exact) mass is 397 g/mol. The summed E-state index contributed by atoms with van der Waals surface area (Å²) in [6.45, 7) is 13.0. The first-order chi connectivity index (χ1) is 12.7. The van der Waals surface area contributed by atoms with Gasteiger partial charge >= 0.3 is 0 Å². The number of piperazine rings is 1. The normalized spacial score (nSPS) is 25.9. The predicted octanol–water partition coefficient (Wildman–Crippen LogP) is 1.38. The topological polar surface area (TPSA) is 78.9 Å². The van der Waals surface area contributed by atoms with Crippen LogP contribution in [0.25, 0.3) is 0 Å². The summed E-state index contributed by atoms with van der Waals surface area (Å²) in [7, 11) is -3.46. The maximum Gasteiger partial charge on any atom is 0.282 e. The first kappa shape index (κ1) is 20.4. The van der Waals surface area contributed by atoms with Crippen LogP contribution in [0.15, 0.2) is 6.07 Å². The van der Waals surface area contributed by atoms with Crippen LogP contribution in [-0.4, -0.2) is 78.5 Å². The van der Waals surface area contributed by atoms with Gasteiger partial charge in [-0.2, -0.15) is 17.0 Å². The second kappa shape index (κ2) is 7.98. The van der Waals surface area contributed by atoms with Gasteiger partial charge in [-0.3, -0.25) is 0 Å². The number of ether oxygens (including phenoxy) is 1. The second-order valence-corrected chi connectivity index (χ2v) is 9.78. The Hall–Kier alpha value is -1.29. The first-order valence-corrected chi connectivity index (χ1v) is 11.1. The van der Waals surface area contributed by atoms with Crippen molar-refractivity contribution in [2.45, 2.75) is 52.7 Å². The van der Waals surface area contributed by atoms with Crippen LogP contribution in [0.1, 0.15) is 45.1 Å². The Labute approximate surface area is 162 Å². The molecule has 27 heavy (non-hydrogen) atoms. The average Bonchev–Trinajstić information content (AvgIpc) is 2.60. The van der Waals surface area contributed by atoms with E-state index in [4.69, 9.17) is 4.74 Å². The van der Waals surface area contributed by atoms with E-state index in [2.05, 4.69) is 28.7 Å². The Bertz CT molecular complexity index is 752. The van der Waals surface area contributed by atoms with Crippen molar-refractivity contribution >= 4 is 16.0 Å². The fraction of sp³-hybridized carbons (Fsp3) is 0.778. The van der Waals surface area contributed by atoms with Gasteiger partial charge in [0.05, 0.1) is 12.2 Å². The third-order valence-electron chi connectivity index (χ3n) is 4.98. The van der Waals surface area contributed by atoms with Crippen molar-refractivity contribution in [1.29, 1.82) is 0 Å². The van der Waals surface area contributed by atoms with E-state index in [1.807, 2.05) is 26.8 Å². The number of anilines is 1. The molecule has 152 valence electrons. The van der Waals surface area contributed by atoms with E-state index in [0.29, 0.717) is 39.3 Å². The summed E-state index contributed by atoms with van der Waals surface area (Å²) >= 11 is 0. The molecule has 0 amide bonds. The number of hydrogen-bond donors (Lipinski definition) is 0. The molecule has 8 nitrogen and oxygen atoms in total. The average molecular weight is 398 g/mol. The second-order valence-electron chi connectivity index (χ2n) is 7.85. The van der Waals surface area contributed by atoms with Gasteiger partial charge in [0.1, 0.15) is 11.6 Å². The number of rotatable bonds is 4. The predicted molar refractivity (Wildman–Crippen MR) is 105 cm³/mol. The van der Waals surface area contributed by atoms with Crippen LogP contribution in [0.2, 0.25) is 0 Å². The summed E-state index contributed by atoms with van der Waals surface area (Å²) in [6.07, 6.45) is -0.161. The molecular weight excluding hydrogens is 366 g/mol. The molecular formula is C18H31N5O3S. The minimum Gasteiger partial charge on any atom is -0.373 e. The highest BCUT2D eigenvalue weighted by Gasteiger charge is 2.36. The summed E-state index contributed by atoms with van der Waals surface area (Å²) in [5.74, 6) is 1.98. The van der Waals surface area contributed by atoms with Crippen LogP contribution >= 0.6 is 0 Å². The molecule has 0 N–H and O–H groups in total. The number of hydrogen-bond acceptors (Lipinski definition) is 6. The molecule has 2 aliphatic rings. The number of nitrogens with zero attached hydrogens (tertiary/aromatic N) is 5. The Balaban J connectivity index is 1.68. The molecule has 2 aliphatic heterocycles. The Morgan fingerprint density at radius 2 is 1.63 bits per heavy atom. The zero-order valence-corrected chi connectivity index (χ0v) is 17.7. The lowest BCUT2D eigenvalue weighted by Crippen LogP contribution is -2.57. The van der Waals surface area contributed by atoms with Gasteiger partial charge in [0.15, 0.2) is 0 Å². The lowest BCUT2D eigenvalue weighted by molar-refractivity contribution is -0.0455. The minimum atomic E-state index is -3.46. The van der Waals surface area contributed by atoms with Crippen LogP contribution in [0, 0.1) is 6.92 Å². The summed E-state index contributed by atoms with van der Waals surface area (Å²) < 4.78 is 34.9. The first-order valence-electron chi connectivity index (χ1n) is 9.68. The Morgan fingerprint density at radius 3 is 2.19 bits per heavy atom. The van der Waals surface area contributed by atoms with E-state index in [0.717, 1.165) is 17.3 Å². The highest BCUT2D eigenvalue weighted by atomic mass is 32.2. The molecule has 1 aromatic heterocycles. The Morgan fingerprint density at radius 1 is 1.04 bits per heavy atom. The molecule has 2 saturated heterocycles. The van der Waals surface area contributed by atoms with E-state index in [1.165, 1.54) is 0 Å². The summed E-state index contributed by atoms with van der Waals surface area (Å²) in [5, 5.41) is 0. The molecule has 0 bridgehead atoms. The molecule has 3 heterocycles. The van der Waals surface area contributed by atoms with E-state index in [1.54, 1.807) is 8.61 Å². The standard InChI is InChI=1S/C18H31N5O3S/c1-13(2)18-19-14(3)10-17(20-18)21-6-8-22(9-7-21)27(24,25)23-11-15(4)26-16(5)12-23/h10,13,15-16H,6-9,11-12H2,1-5H3. The highest BCUT2D eigenvalue weighted by Crippen LogP contribution is 2.22. The smallest absolute Gasteiger partial charge is 0.282 e. The maximum absolute atomic E-state index is 13.0. The van der Waals surface area contributed by atoms with Crippen LogP contribution in [-0.2, 0) is 14.9 Å². The zero-order chi connectivity index (χ0) is 19.8. The largest absolute Gasteiger partial charge is 0.373 e. The van der Waals surface area contributed by atoms with Crippen LogP contribution < -0.4 is 4.90 Å². The highest BCUT2D eigenvalue weighted by molar-refractivity contribution is 7.86. The van der Waals surface area contributed by atoms with Crippen LogP contribution in [0.3, 0.4) is 0 Å². The summed E-state index contributed by atoms with van der Waals surface area (Å²) in [5.41, 5.74) is 0.940. The summed E-state index contributed by atoms with van der Waals surface area (Å²) in [4.78, 5) is 11.3. The molecule has 0 aliphatic carbocycles. The van der Waals surface area contributed by atoms with E-state index in [9.17, 15) is 8.42 Å². The van der Waals surface area contributed by atoms with Gasteiger partial charge in [-0.15, -0.1) is 0 Å². The summed E-state index contributed by atoms with van der Waals surface area (Å²) in [6, 6.07) is 1.97. The van der Waals surface area contributed by atoms with Gasteiger partial charge in [-0.05, 0) is 20.8 Å². The van der Waals surface area contributed by atoms with Gasteiger partial charge in [0, 0.05) is 56.9 Å². The van der Waals surface area contributed by atoms with Crippen molar-refractivity contribution in [2.75, 3.05) is 44.2 Å². The Kier molecular flexibility index (Phi) is 6.05. The SMILES string of the molecule is Cc1cc(N2CCN(S(=O)(=O)N3CC(C)OC(C)C3)CC2)nc(C(C)C)n1. The van der Waals surface area contributed by atoms with Crippen molar-refractivity contribution in [3.05, 3.63) is 17.6 Å². The molecule has 2 fully saturated rings. The van der Waals surface area contributed by atoms with E-state index >= 15 is 0 Å². The van der Waals surface area contributed by atoms with Gasteiger partial charge in [-0.1, -0.05) is 13.8 Å². The molecule has 0 radical (unpaired) electrons. The molecule has 0 saturated carbocycles.